The topological polar surface area (TPSA) is 93.4 Å². The number of hydrogen-bond acceptors (Lipinski definition) is 5. The lowest BCUT2D eigenvalue weighted by atomic mass is 10.4. The number of rotatable bonds is 1. The Balaban J connectivity index is 2.53. The molecule has 0 atom stereocenters. The third-order valence-corrected chi connectivity index (χ3v) is 1.54. The molecule has 6 nitrogen and oxygen atoms in total. The largest absolute Gasteiger partial charge is 0.368 e. The van der Waals surface area contributed by atoms with Crippen molar-refractivity contribution in [2.45, 2.75) is 0 Å². The van der Waals surface area contributed by atoms with Crippen molar-refractivity contribution in [3.63, 3.8) is 0 Å². The van der Waals surface area contributed by atoms with Crippen LogP contribution in [0, 0.1) is 0 Å². The molecule has 2 aromatic rings. The molecule has 2 aromatic heterocycles. The molecule has 66 valence electrons. The van der Waals surface area contributed by atoms with Crippen molar-refractivity contribution in [3.05, 3.63) is 17.5 Å². The van der Waals surface area contributed by atoms with E-state index in [0.717, 1.165) is 0 Å². The number of halogens is 1. The van der Waals surface area contributed by atoms with Gasteiger partial charge in [0.25, 0.3) is 0 Å². The lowest BCUT2D eigenvalue weighted by molar-refractivity contribution is 1.03. The molecule has 7 heteroatoms. The molecule has 2 rings (SSSR count). The minimum Gasteiger partial charge on any atom is -0.368 e. The maximum absolute atomic E-state index is 5.59. The monoisotopic (exact) mass is 196 g/mol. The maximum atomic E-state index is 5.59. The number of aromatic nitrogens is 5. The molecule has 0 amide bonds. The second kappa shape index (κ2) is 2.98. The van der Waals surface area contributed by atoms with Crippen molar-refractivity contribution in [1.29, 1.82) is 0 Å². The normalized spacial score (nSPS) is 10.2. The van der Waals surface area contributed by atoms with Crippen molar-refractivity contribution < 1.29 is 0 Å². The van der Waals surface area contributed by atoms with E-state index in [1.54, 1.807) is 12.3 Å². The second-order valence-corrected chi connectivity index (χ2v) is 2.59. The van der Waals surface area contributed by atoms with Crippen LogP contribution in [0.1, 0.15) is 0 Å². The molecule has 0 saturated heterocycles. The van der Waals surface area contributed by atoms with Crippen LogP contribution in [0.25, 0.3) is 11.5 Å². The van der Waals surface area contributed by atoms with Gasteiger partial charge < -0.3 is 5.73 Å². The molecule has 0 aromatic carbocycles. The van der Waals surface area contributed by atoms with Crippen LogP contribution in [-0.4, -0.2) is 25.1 Å². The molecule has 0 aliphatic rings. The number of nitrogens with two attached hydrogens (primary N) is 1. The lowest BCUT2D eigenvalue weighted by Crippen LogP contribution is -1.99. The Morgan fingerprint density at radius 2 is 2.15 bits per heavy atom. The summed E-state index contributed by atoms with van der Waals surface area (Å²) in [4.78, 5) is 11.4. The molecule has 0 spiro atoms. The first-order valence-electron chi connectivity index (χ1n) is 3.42. The summed E-state index contributed by atoms with van der Waals surface area (Å²) in [6.07, 6.45) is 1.59. The number of nitrogen functional groups attached to an aromatic ring is 1. The number of anilines is 1. The molecule has 0 saturated carbocycles. The van der Waals surface area contributed by atoms with Crippen LogP contribution in [-0.2, 0) is 0 Å². The Kier molecular flexibility index (Phi) is 1.82. The van der Waals surface area contributed by atoms with Crippen molar-refractivity contribution >= 4 is 17.5 Å². The fourth-order valence-electron chi connectivity index (χ4n) is 0.866. The van der Waals surface area contributed by atoms with E-state index in [4.69, 9.17) is 17.3 Å². The van der Waals surface area contributed by atoms with Gasteiger partial charge in [-0.1, -0.05) is 0 Å². The third kappa shape index (κ3) is 1.57. The summed E-state index contributed by atoms with van der Waals surface area (Å²) in [5.41, 5.74) is 6.03. The predicted molar refractivity (Wildman–Crippen MR) is 46.8 cm³/mol. The van der Waals surface area contributed by atoms with E-state index in [9.17, 15) is 0 Å². The minimum atomic E-state index is 0.0668. The van der Waals surface area contributed by atoms with Gasteiger partial charge in [0.2, 0.25) is 11.2 Å². The average molecular weight is 197 g/mol. The maximum Gasteiger partial charge on any atom is 0.227 e. The first-order chi connectivity index (χ1) is 6.25. The molecule has 3 N–H and O–H groups in total. The Morgan fingerprint density at radius 1 is 1.31 bits per heavy atom. The van der Waals surface area contributed by atoms with Crippen LogP contribution in [0.3, 0.4) is 0 Å². The first kappa shape index (κ1) is 7.93. The number of aromatic amines is 1. The van der Waals surface area contributed by atoms with Crippen LogP contribution in [0.5, 0.6) is 0 Å². The van der Waals surface area contributed by atoms with E-state index in [1.807, 2.05) is 0 Å². The smallest absolute Gasteiger partial charge is 0.227 e. The van der Waals surface area contributed by atoms with Gasteiger partial charge in [0.15, 0.2) is 5.82 Å². The molecule has 0 radical (unpaired) electrons. The fourth-order valence-corrected chi connectivity index (χ4v) is 1.03. The summed E-state index contributed by atoms with van der Waals surface area (Å²) in [5.74, 6) is 0.472. The van der Waals surface area contributed by atoms with E-state index in [1.165, 1.54) is 0 Å². The van der Waals surface area contributed by atoms with E-state index < -0.39 is 0 Å². The van der Waals surface area contributed by atoms with Gasteiger partial charge in [-0.25, -0.2) is 0 Å². The molecular formula is C6H5ClN6. The number of nitrogens with one attached hydrogen (secondary N) is 1. The van der Waals surface area contributed by atoms with Gasteiger partial charge in [0, 0.05) is 6.20 Å². The highest BCUT2D eigenvalue weighted by Gasteiger charge is 2.05. The Bertz CT molecular complexity index is 391. The van der Waals surface area contributed by atoms with Crippen molar-refractivity contribution in [2.24, 2.45) is 0 Å². The fraction of sp³-hybridized carbons (Fsp3) is 0. The lowest BCUT2D eigenvalue weighted by Gasteiger charge is -1.96. The molecule has 0 unspecified atom stereocenters. The predicted octanol–water partition coefficient (Wildman–Crippen LogP) is 0.497. The van der Waals surface area contributed by atoms with Crippen LogP contribution < -0.4 is 5.73 Å². The summed E-state index contributed by atoms with van der Waals surface area (Å²) in [6.45, 7) is 0. The highest BCUT2D eigenvalue weighted by Crippen LogP contribution is 2.13. The van der Waals surface area contributed by atoms with Gasteiger partial charge in [-0.2, -0.15) is 20.1 Å². The quantitative estimate of drug-likeness (QED) is 0.693. The summed E-state index contributed by atoms with van der Waals surface area (Å²) < 4.78 is 0. The SMILES string of the molecule is Nc1nc(Cl)nc(-c2ccn[nH]2)n1. The molecule has 13 heavy (non-hydrogen) atoms. The standard InChI is InChI=1S/C6H5ClN6/c7-5-10-4(11-6(8)12-5)3-1-2-9-13-3/h1-2H,(H,9,13)(H2,8,10,11,12). The highest BCUT2D eigenvalue weighted by molar-refractivity contribution is 6.28. The zero-order valence-corrected chi connectivity index (χ0v) is 7.15. The molecular weight excluding hydrogens is 192 g/mol. The van der Waals surface area contributed by atoms with Gasteiger partial charge in [0.1, 0.15) is 5.69 Å². The van der Waals surface area contributed by atoms with E-state index in [0.29, 0.717) is 11.5 Å². The van der Waals surface area contributed by atoms with E-state index in [2.05, 4.69) is 25.1 Å². The number of nitrogens with zero attached hydrogens (tertiary/aromatic N) is 4. The zero-order valence-electron chi connectivity index (χ0n) is 6.40. The third-order valence-electron chi connectivity index (χ3n) is 1.37. The molecule has 0 bridgehead atoms. The Morgan fingerprint density at radius 3 is 2.77 bits per heavy atom. The minimum absolute atomic E-state index is 0.0668. The van der Waals surface area contributed by atoms with Gasteiger partial charge in [0.05, 0.1) is 0 Å². The summed E-state index contributed by atoms with van der Waals surface area (Å²) in [6, 6.07) is 1.71. The molecule has 0 aliphatic heterocycles. The van der Waals surface area contributed by atoms with Crippen molar-refractivity contribution in [2.75, 3.05) is 5.73 Å². The van der Waals surface area contributed by atoms with E-state index in [-0.39, 0.29) is 11.2 Å². The van der Waals surface area contributed by atoms with Crippen LogP contribution >= 0.6 is 11.6 Å². The van der Waals surface area contributed by atoms with Crippen molar-refractivity contribution in [3.8, 4) is 11.5 Å². The number of H-pyrrole nitrogens is 1. The summed E-state index contributed by atoms with van der Waals surface area (Å²) >= 11 is 5.59. The Hall–Kier alpha value is -1.69. The molecule has 0 fully saturated rings. The highest BCUT2D eigenvalue weighted by atomic mass is 35.5. The average Bonchev–Trinajstić information content (AvgIpc) is 2.53. The Labute approximate surface area is 78.2 Å². The summed E-state index contributed by atoms with van der Waals surface area (Å²) in [7, 11) is 0. The van der Waals surface area contributed by atoms with Gasteiger partial charge in [-0.3, -0.25) is 5.10 Å². The zero-order chi connectivity index (χ0) is 9.26. The van der Waals surface area contributed by atoms with Crippen LogP contribution in [0.15, 0.2) is 12.3 Å². The molecule has 0 aliphatic carbocycles. The van der Waals surface area contributed by atoms with Crippen LogP contribution in [0.2, 0.25) is 5.28 Å². The first-order valence-corrected chi connectivity index (χ1v) is 3.80. The van der Waals surface area contributed by atoms with Crippen LogP contribution in [0.4, 0.5) is 5.95 Å². The van der Waals surface area contributed by atoms with Gasteiger partial charge >= 0.3 is 0 Å². The van der Waals surface area contributed by atoms with Gasteiger partial charge in [-0.05, 0) is 17.7 Å². The number of hydrogen-bond donors (Lipinski definition) is 2. The van der Waals surface area contributed by atoms with Gasteiger partial charge in [-0.15, -0.1) is 0 Å². The van der Waals surface area contributed by atoms with Crippen molar-refractivity contribution in [1.82, 2.24) is 25.1 Å². The van der Waals surface area contributed by atoms with E-state index >= 15 is 0 Å². The second-order valence-electron chi connectivity index (χ2n) is 2.26. The molecule has 2 heterocycles. The summed E-state index contributed by atoms with van der Waals surface area (Å²) in [5, 5.41) is 6.51.